The maximum atomic E-state index is 12.6. The molecule has 2 aromatic rings. The molecule has 6 nitrogen and oxygen atoms in total. The predicted molar refractivity (Wildman–Crippen MR) is 88.2 cm³/mol. The zero-order valence-corrected chi connectivity index (χ0v) is 13.7. The summed E-state index contributed by atoms with van der Waals surface area (Å²) in [4.78, 5) is 20.7. The predicted octanol–water partition coefficient (Wildman–Crippen LogP) is 2.53. The molecule has 1 aliphatic rings. The Morgan fingerprint density at radius 1 is 1.43 bits per heavy atom. The van der Waals surface area contributed by atoms with Crippen molar-refractivity contribution in [2.24, 2.45) is 0 Å². The third kappa shape index (κ3) is 3.31. The summed E-state index contributed by atoms with van der Waals surface area (Å²) >= 11 is 0. The van der Waals surface area contributed by atoms with E-state index >= 15 is 0 Å². The van der Waals surface area contributed by atoms with Crippen molar-refractivity contribution in [2.45, 2.75) is 33.0 Å². The topological polar surface area (TPSA) is 61.6 Å². The van der Waals surface area contributed by atoms with E-state index in [2.05, 4.69) is 41.3 Å². The molecule has 122 valence electrons. The van der Waals surface area contributed by atoms with Crippen LogP contribution >= 0.6 is 0 Å². The maximum absolute atomic E-state index is 12.6. The molecule has 1 N–H and O–H groups in total. The highest BCUT2D eigenvalue weighted by molar-refractivity contribution is 5.75. The van der Waals surface area contributed by atoms with Gasteiger partial charge in [0.05, 0.1) is 12.7 Å². The standard InChI is InChI=1S/C17H22N4O2/c1-12-10-20(3)16-7-5-4-6-14(16)11-21(12)17(22)19-9-15-8-18-13(2)23-15/h4-8,12H,9-11H2,1-3H3,(H,19,22)/t12-/m0/s1. The highest BCUT2D eigenvalue weighted by Gasteiger charge is 2.26. The van der Waals surface area contributed by atoms with Crippen molar-refractivity contribution in [3.8, 4) is 0 Å². The van der Waals surface area contributed by atoms with Gasteiger partial charge in [-0.3, -0.25) is 0 Å². The summed E-state index contributed by atoms with van der Waals surface area (Å²) in [6.45, 7) is 5.60. The molecule has 0 radical (unpaired) electrons. The molecule has 3 rings (SSSR count). The van der Waals surface area contributed by atoms with Crippen molar-refractivity contribution in [3.05, 3.63) is 47.7 Å². The van der Waals surface area contributed by atoms with Crippen LogP contribution < -0.4 is 10.2 Å². The van der Waals surface area contributed by atoms with Gasteiger partial charge in [-0.2, -0.15) is 0 Å². The minimum atomic E-state index is -0.0864. The molecule has 1 aliphatic heterocycles. The second-order valence-electron chi connectivity index (χ2n) is 5.99. The molecule has 0 spiro atoms. The number of anilines is 1. The van der Waals surface area contributed by atoms with Gasteiger partial charge >= 0.3 is 6.03 Å². The Kier molecular flexibility index (Phi) is 4.23. The second-order valence-corrected chi connectivity index (χ2v) is 5.99. The van der Waals surface area contributed by atoms with Gasteiger partial charge in [0.2, 0.25) is 0 Å². The molecule has 6 heteroatoms. The molecule has 0 bridgehead atoms. The number of benzene rings is 1. The number of carbonyl (C=O) groups excluding carboxylic acids is 1. The quantitative estimate of drug-likeness (QED) is 0.925. The number of hydrogen-bond acceptors (Lipinski definition) is 4. The third-order valence-corrected chi connectivity index (χ3v) is 4.16. The number of para-hydroxylation sites is 1. The first-order chi connectivity index (χ1) is 11.0. The zero-order valence-electron chi connectivity index (χ0n) is 13.7. The lowest BCUT2D eigenvalue weighted by Gasteiger charge is -2.28. The van der Waals surface area contributed by atoms with Gasteiger partial charge in [0.25, 0.3) is 0 Å². The first-order valence-corrected chi connectivity index (χ1v) is 7.79. The molecule has 0 saturated carbocycles. The largest absolute Gasteiger partial charge is 0.444 e. The molecule has 0 unspecified atom stereocenters. The van der Waals surface area contributed by atoms with Crippen LogP contribution in [0.5, 0.6) is 0 Å². The van der Waals surface area contributed by atoms with E-state index in [0.29, 0.717) is 24.7 Å². The fourth-order valence-electron chi connectivity index (χ4n) is 2.97. The minimum absolute atomic E-state index is 0.0864. The lowest BCUT2D eigenvalue weighted by Crippen LogP contribution is -2.46. The highest BCUT2D eigenvalue weighted by atomic mass is 16.4. The van der Waals surface area contributed by atoms with Crippen molar-refractivity contribution < 1.29 is 9.21 Å². The number of aromatic nitrogens is 1. The first kappa shape index (κ1) is 15.4. The molecule has 2 amide bonds. The van der Waals surface area contributed by atoms with Crippen LogP contribution in [0.15, 0.2) is 34.9 Å². The number of fused-ring (bicyclic) bond motifs is 1. The van der Waals surface area contributed by atoms with E-state index in [1.165, 1.54) is 5.69 Å². The van der Waals surface area contributed by atoms with Crippen molar-refractivity contribution in [1.82, 2.24) is 15.2 Å². The van der Waals surface area contributed by atoms with E-state index in [1.54, 1.807) is 13.1 Å². The van der Waals surface area contributed by atoms with Crippen molar-refractivity contribution in [3.63, 3.8) is 0 Å². The molecule has 2 heterocycles. The summed E-state index contributed by atoms with van der Waals surface area (Å²) in [5, 5.41) is 2.92. The summed E-state index contributed by atoms with van der Waals surface area (Å²) in [6.07, 6.45) is 1.64. The SMILES string of the molecule is Cc1ncc(CNC(=O)N2Cc3ccccc3N(C)C[C@@H]2C)o1. The summed E-state index contributed by atoms with van der Waals surface area (Å²) in [5.74, 6) is 1.27. The monoisotopic (exact) mass is 314 g/mol. The number of likely N-dealkylation sites (N-methyl/N-ethyl adjacent to an activating group) is 1. The van der Waals surface area contributed by atoms with Gasteiger partial charge in [-0.15, -0.1) is 0 Å². The van der Waals surface area contributed by atoms with Gasteiger partial charge in [0, 0.05) is 38.8 Å². The van der Waals surface area contributed by atoms with E-state index in [4.69, 9.17) is 4.42 Å². The number of rotatable bonds is 2. The average Bonchev–Trinajstić information content (AvgIpc) is 2.90. The van der Waals surface area contributed by atoms with Crippen LogP contribution in [0.2, 0.25) is 0 Å². The fraction of sp³-hybridized carbons (Fsp3) is 0.412. The van der Waals surface area contributed by atoms with E-state index in [0.717, 1.165) is 12.1 Å². The van der Waals surface area contributed by atoms with Crippen LogP contribution in [0.25, 0.3) is 0 Å². The van der Waals surface area contributed by atoms with Gasteiger partial charge < -0.3 is 19.5 Å². The Morgan fingerprint density at radius 3 is 2.96 bits per heavy atom. The van der Waals surface area contributed by atoms with Gasteiger partial charge in [-0.05, 0) is 18.6 Å². The number of nitrogens with zero attached hydrogens (tertiary/aromatic N) is 3. The number of hydrogen-bond donors (Lipinski definition) is 1. The Labute approximate surface area is 136 Å². The molecule has 0 aliphatic carbocycles. The van der Waals surface area contributed by atoms with Crippen LogP contribution in [-0.4, -0.2) is 35.5 Å². The molecule has 0 saturated heterocycles. The summed E-state index contributed by atoms with van der Waals surface area (Å²) < 4.78 is 5.39. The number of nitrogens with one attached hydrogen (secondary N) is 1. The van der Waals surface area contributed by atoms with E-state index in [9.17, 15) is 4.79 Å². The highest BCUT2D eigenvalue weighted by Crippen LogP contribution is 2.25. The molecular weight excluding hydrogens is 292 g/mol. The van der Waals surface area contributed by atoms with E-state index in [-0.39, 0.29) is 12.1 Å². The molecule has 0 fully saturated rings. The molecular formula is C17H22N4O2. The lowest BCUT2D eigenvalue weighted by atomic mass is 10.1. The van der Waals surface area contributed by atoms with Crippen LogP contribution in [0, 0.1) is 6.92 Å². The van der Waals surface area contributed by atoms with Gasteiger partial charge in [-0.1, -0.05) is 18.2 Å². The van der Waals surface area contributed by atoms with Crippen LogP contribution in [0.3, 0.4) is 0 Å². The fourth-order valence-corrected chi connectivity index (χ4v) is 2.97. The molecule has 1 aromatic heterocycles. The summed E-state index contributed by atoms with van der Waals surface area (Å²) in [7, 11) is 2.06. The Morgan fingerprint density at radius 2 is 2.22 bits per heavy atom. The number of aryl methyl sites for hydroxylation is 1. The van der Waals surface area contributed by atoms with Gasteiger partial charge in [0.1, 0.15) is 5.76 Å². The molecule has 23 heavy (non-hydrogen) atoms. The van der Waals surface area contributed by atoms with Gasteiger partial charge in [-0.25, -0.2) is 9.78 Å². The number of urea groups is 1. The molecule has 1 aromatic carbocycles. The number of oxazole rings is 1. The maximum Gasteiger partial charge on any atom is 0.318 e. The van der Waals surface area contributed by atoms with E-state index in [1.807, 2.05) is 17.0 Å². The third-order valence-electron chi connectivity index (χ3n) is 4.16. The minimum Gasteiger partial charge on any atom is -0.444 e. The zero-order chi connectivity index (χ0) is 16.4. The Hall–Kier alpha value is -2.50. The van der Waals surface area contributed by atoms with Crippen LogP contribution in [0.1, 0.15) is 24.1 Å². The van der Waals surface area contributed by atoms with Crippen molar-refractivity contribution in [1.29, 1.82) is 0 Å². The van der Waals surface area contributed by atoms with Crippen molar-refractivity contribution >= 4 is 11.7 Å². The smallest absolute Gasteiger partial charge is 0.318 e. The van der Waals surface area contributed by atoms with Crippen LogP contribution in [0.4, 0.5) is 10.5 Å². The number of amides is 2. The first-order valence-electron chi connectivity index (χ1n) is 7.79. The average molecular weight is 314 g/mol. The van der Waals surface area contributed by atoms with E-state index < -0.39 is 0 Å². The number of carbonyl (C=O) groups is 1. The second kappa shape index (κ2) is 6.32. The van der Waals surface area contributed by atoms with Crippen molar-refractivity contribution in [2.75, 3.05) is 18.5 Å². The summed E-state index contributed by atoms with van der Waals surface area (Å²) in [6, 6.07) is 8.24. The normalized spacial score (nSPS) is 17.6. The Balaban J connectivity index is 1.72. The van der Waals surface area contributed by atoms with Gasteiger partial charge in [0.15, 0.2) is 5.89 Å². The Bertz CT molecular complexity index is 697. The lowest BCUT2D eigenvalue weighted by molar-refractivity contribution is 0.177. The van der Waals surface area contributed by atoms with Crippen LogP contribution in [-0.2, 0) is 13.1 Å². The summed E-state index contributed by atoms with van der Waals surface area (Å²) in [5.41, 5.74) is 2.34. The molecule has 1 atom stereocenters.